The Hall–Kier alpha value is -1.06. The molecule has 0 radical (unpaired) electrons. The molecule has 1 aromatic carbocycles. The largest absolute Gasteiger partial charge is 0.325 e. The number of rotatable bonds is 5. The van der Waals surface area contributed by atoms with Gasteiger partial charge in [0.2, 0.25) is 5.91 Å². The lowest BCUT2D eigenvalue weighted by molar-refractivity contribution is -0.116. The van der Waals surface area contributed by atoms with Crippen LogP contribution in [0.1, 0.15) is 18.9 Å². The minimum absolute atomic E-state index is 0.0216. The number of nitrogens with one attached hydrogen (secondary N) is 2. The molecule has 0 unspecified atom stereocenters. The van der Waals surface area contributed by atoms with Crippen LogP contribution >= 0.6 is 11.6 Å². The summed E-state index contributed by atoms with van der Waals surface area (Å²) < 4.78 is 0. The lowest BCUT2D eigenvalue weighted by Gasteiger charge is -2.07. The average Bonchev–Trinajstić information content (AvgIpc) is 2.23. The first-order chi connectivity index (χ1) is 7.63. The van der Waals surface area contributed by atoms with Gasteiger partial charge in [-0.15, -0.1) is 0 Å². The van der Waals surface area contributed by atoms with Gasteiger partial charge in [0.05, 0.1) is 10.7 Å². The molecule has 1 rings (SSSR count). The Morgan fingerprint density at radius 2 is 2.19 bits per heavy atom. The van der Waals surface area contributed by atoms with E-state index in [1.807, 2.05) is 32.0 Å². The van der Waals surface area contributed by atoms with Crippen molar-refractivity contribution >= 4 is 23.2 Å². The van der Waals surface area contributed by atoms with Crippen LogP contribution in [0.2, 0.25) is 5.02 Å². The lowest BCUT2D eigenvalue weighted by Crippen LogP contribution is -2.21. The molecule has 1 aromatic rings. The van der Waals surface area contributed by atoms with E-state index in [9.17, 15) is 4.79 Å². The Kier molecular flexibility index (Phi) is 5.29. The summed E-state index contributed by atoms with van der Waals surface area (Å²) in [5.74, 6) is -0.0216. The minimum atomic E-state index is -0.0216. The van der Waals surface area contributed by atoms with Crippen LogP contribution in [0.5, 0.6) is 0 Å². The molecule has 88 valence electrons. The molecular formula is C12H17ClN2O. The third-order valence-corrected chi connectivity index (χ3v) is 2.49. The molecule has 1 amide bonds. The van der Waals surface area contributed by atoms with Gasteiger partial charge in [-0.05, 0) is 31.2 Å². The van der Waals surface area contributed by atoms with Crippen molar-refractivity contribution in [3.05, 3.63) is 28.8 Å². The third kappa shape index (κ3) is 4.21. The van der Waals surface area contributed by atoms with Crippen molar-refractivity contribution in [2.24, 2.45) is 0 Å². The maximum absolute atomic E-state index is 11.5. The van der Waals surface area contributed by atoms with E-state index in [2.05, 4.69) is 10.6 Å². The van der Waals surface area contributed by atoms with Crippen LogP contribution in [-0.2, 0) is 4.79 Å². The summed E-state index contributed by atoms with van der Waals surface area (Å²) in [6.07, 6.45) is 0.456. The van der Waals surface area contributed by atoms with Crippen LogP contribution in [-0.4, -0.2) is 19.0 Å². The summed E-state index contributed by atoms with van der Waals surface area (Å²) in [5, 5.41) is 6.46. The van der Waals surface area contributed by atoms with Crippen LogP contribution in [0.15, 0.2) is 18.2 Å². The van der Waals surface area contributed by atoms with Gasteiger partial charge in [0.15, 0.2) is 0 Å². The lowest BCUT2D eigenvalue weighted by atomic mass is 10.2. The molecule has 0 spiro atoms. The highest BCUT2D eigenvalue weighted by Crippen LogP contribution is 2.22. The topological polar surface area (TPSA) is 41.1 Å². The minimum Gasteiger partial charge on any atom is -0.325 e. The van der Waals surface area contributed by atoms with Crippen LogP contribution in [0.4, 0.5) is 5.69 Å². The van der Waals surface area contributed by atoms with Crippen molar-refractivity contribution in [1.82, 2.24) is 5.32 Å². The second-order valence-electron chi connectivity index (χ2n) is 3.64. The van der Waals surface area contributed by atoms with Gasteiger partial charge in [0, 0.05) is 13.0 Å². The molecule has 0 saturated heterocycles. The number of amides is 1. The first-order valence-corrected chi connectivity index (χ1v) is 5.78. The monoisotopic (exact) mass is 240 g/mol. The number of benzene rings is 1. The first-order valence-electron chi connectivity index (χ1n) is 5.40. The summed E-state index contributed by atoms with van der Waals surface area (Å²) in [4.78, 5) is 11.5. The predicted octanol–water partition coefficient (Wildman–Crippen LogP) is 2.59. The SMILES string of the molecule is CCNCCC(=O)Nc1ccc(C)cc1Cl. The van der Waals surface area contributed by atoms with E-state index in [0.717, 1.165) is 12.1 Å². The maximum atomic E-state index is 11.5. The van der Waals surface area contributed by atoms with Gasteiger partial charge in [0.1, 0.15) is 0 Å². The molecule has 0 saturated carbocycles. The summed E-state index contributed by atoms with van der Waals surface area (Å²) >= 11 is 6.00. The van der Waals surface area contributed by atoms with Gasteiger partial charge in [-0.2, -0.15) is 0 Å². The number of aryl methyl sites for hydroxylation is 1. The second-order valence-corrected chi connectivity index (χ2v) is 4.04. The number of anilines is 1. The molecule has 2 N–H and O–H groups in total. The Labute approximate surface area is 101 Å². The van der Waals surface area contributed by atoms with E-state index in [-0.39, 0.29) is 5.91 Å². The van der Waals surface area contributed by atoms with Crippen molar-refractivity contribution < 1.29 is 4.79 Å². The zero-order valence-electron chi connectivity index (χ0n) is 9.64. The van der Waals surface area contributed by atoms with Crippen LogP contribution in [0, 0.1) is 6.92 Å². The number of hydrogen-bond donors (Lipinski definition) is 2. The molecule has 0 aliphatic heterocycles. The standard InChI is InChI=1S/C12H17ClN2O/c1-3-14-7-6-12(16)15-11-5-4-9(2)8-10(11)13/h4-5,8,14H,3,6-7H2,1-2H3,(H,15,16). The fourth-order valence-electron chi connectivity index (χ4n) is 1.31. The third-order valence-electron chi connectivity index (χ3n) is 2.18. The summed E-state index contributed by atoms with van der Waals surface area (Å²) in [6.45, 7) is 5.53. The molecule has 16 heavy (non-hydrogen) atoms. The first kappa shape index (κ1) is 13.0. The van der Waals surface area contributed by atoms with E-state index in [1.165, 1.54) is 0 Å². The summed E-state index contributed by atoms with van der Waals surface area (Å²) in [7, 11) is 0. The van der Waals surface area contributed by atoms with Gasteiger partial charge in [0.25, 0.3) is 0 Å². The quantitative estimate of drug-likeness (QED) is 0.777. The van der Waals surface area contributed by atoms with E-state index >= 15 is 0 Å². The number of carbonyl (C=O) groups is 1. The van der Waals surface area contributed by atoms with Crippen molar-refractivity contribution in [2.75, 3.05) is 18.4 Å². The molecule has 0 fully saturated rings. The van der Waals surface area contributed by atoms with Gasteiger partial charge in [-0.1, -0.05) is 24.6 Å². The van der Waals surface area contributed by atoms with Crippen LogP contribution in [0.25, 0.3) is 0 Å². The Morgan fingerprint density at radius 1 is 1.44 bits per heavy atom. The second kappa shape index (κ2) is 6.51. The highest BCUT2D eigenvalue weighted by Gasteiger charge is 2.05. The zero-order chi connectivity index (χ0) is 12.0. The normalized spacial score (nSPS) is 10.2. The van der Waals surface area contributed by atoms with Crippen molar-refractivity contribution in [3.63, 3.8) is 0 Å². The van der Waals surface area contributed by atoms with E-state index in [1.54, 1.807) is 0 Å². The number of hydrogen-bond acceptors (Lipinski definition) is 2. The molecule has 0 heterocycles. The molecule has 0 aromatic heterocycles. The molecule has 4 heteroatoms. The predicted molar refractivity (Wildman–Crippen MR) is 68.0 cm³/mol. The molecule has 3 nitrogen and oxygen atoms in total. The Morgan fingerprint density at radius 3 is 2.81 bits per heavy atom. The Balaban J connectivity index is 2.49. The van der Waals surface area contributed by atoms with Gasteiger partial charge >= 0.3 is 0 Å². The van der Waals surface area contributed by atoms with Crippen molar-refractivity contribution in [2.45, 2.75) is 20.3 Å². The summed E-state index contributed by atoms with van der Waals surface area (Å²) in [5.41, 5.74) is 1.75. The fourth-order valence-corrected chi connectivity index (χ4v) is 1.60. The fraction of sp³-hybridized carbons (Fsp3) is 0.417. The molecule has 0 atom stereocenters. The van der Waals surface area contributed by atoms with Crippen LogP contribution in [0.3, 0.4) is 0 Å². The van der Waals surface area contributed by atoms with Crippen molar-refractivity contribution in [1.29, 1.82) is 0 Å². The number of carbonyl (C=O) groups excluding carboxylic acids is 1. The Bertz CT molecular complexity index is 366. The molecule has 0 aliphatic rings. The maximum Gasteiger partial charge on any atom is 0.225 e. The van der Waals surface area contributed by atoms with Gasteiger partial charge < -0.3 is 10.6 Å². The van der Waals surface area contributed by atoms with Gasteiger partial charge in [-0.3, -0.25) is 4.79 Å². The number of halogens is 1. The smallest absolute Gasteiger partial charge is 0.225 e. The highest BCUT2D eigenvalue weighted by molar-refractivity contribution is 6.33. The van der Waals surface area contributed by atoms with E-state index in [0.29, 0.717) is 23.7 Å². The average molecular weight is 241 g/mol. The highest BCUT2D eigenvalue weighted by atomic mass is 35.5. The van der Waals surface area contributed by atoms with E-state index in [4.69, 9.17) is 11.6 Å². The molecule has 0 bridgehead atoms. The van der Waals surface area contributed by atoms with Crippen LogP contribution < -0.4 is 10.6 Å². The molecular weight excluding hydrogens is 224 g/mol. The van der Waals surface area contributed by atoms with E-state index < -0.39 is 0 Å². The molecule has 0 aliphatic carbocycles. The summed E-state index contributed by atoms with van der Waals surface area (Å²) in [6, 6.07) is 5.58. The van der Waals surface area contributed by atoms with Crippen molar-refractivity contribution in [3.8, 4) is 0 Å². The zero-order valence-corrected chi connectivity index (χ0v) is 10.4. The van der Waals surface area contributed by atoms with Gasteiger partial charge in [-0.25, -0.2) is 0 Å².